The SMILES string of the molecule is Cc1ccc(S(=O)(=O)N2CCCC3=C2c2ccccc2C3c2cccc([N+](=O)[O-])c2)cc1. The first-order valence-corrected chi connectivity index (χ1v) is 12.0. The van der Waals surface area contributed by atoms with Gasteiger partial charge < -0.3 is 0 Å². The number of nitro benzene ring substituents is 1. The largest absolute Gasteiger partial charge is 0.269 e. The summed E-state index contributed by atoms with van der Waals surface area (Å²) in [4.78, 5) is 11.2. The van der Waals surface area contributed by atoms with E-state index >= 15 is 0 Å². The standard InChI is InChI=1S/C25H22N2O4S/c1-17-11-13-20(14-12-17)32(30,31)26-15-5-10-23-24(18-6-4-7-19(16-18)27(28)29)21-8-2-3-9-22(21)25(23)26/h2-4,6-9,11-14,16,24H,5,10,15H2,1H3. The van der Waals surface area contributed by atoms with Gasteiger partial charge >= 0.3 is 0 Å². The number of benzene rings is 3. The Morgan fingerprint density at radius 3 is 2.50 bits per heavy atom. The lowest BCUT2D eigenvalue weighted by molar-refractivity contribution is -0.384. The van der Waals surface area contributed by atoms with Crippen molar-refractivity contribution in [3.8, 4) is 0 Å². The van der Waals surface area contributed by atoms with E-state index in [-0.39, 0.29) is 16.5 Å². The summed E-state index contributed by atoms with van der Waals surface area (Å²) in [6, 6.07) is 21.4. The quantitative estimate of drug-likeness (QED) is 0.405. The average Bonchev–Trinajstić information content (AvgIpc) is 3.14. The molecule has 0 spiro atoms. The van der Waals surface area contributed by atoms with E-state index in [4.69, 9.17) is 0 Å². The molecule has 5 rings (SSSR count). The van der Waals surface area contributed by atoms with E-state index in [1.165, 1.54) is 10.4 Å². The second kappa shape index (κ2) is 7.60. The Labute approximate surface area is 187 Å². The highest BCUT2D eigenvalue weighted by Crippen LogP contribution is 2.51. The summed E-state index contributed by atoms with van der Waals surface area (Å²) in [6.45, 7) is 2.33. The molecular weight excluding hydrogens is 424 g/mol. The Hall–Kier alpha value is -3.45. The number of aryl methyl sites for hydroxylation is 1. The zero-order chi connectivity index (χ0) is 22.5. The zero-order valence-electron chi connectivity index (χ0n) is 17.6. The third-order valence-electron chi connectivity index (χ3n) is 6.26. The van der Waals surface area contributed by atoms with Gasteiger partial charge in [0.05, 0.1) is 15.5 Å². The van der Waals surface area contributed by atoms with Crippen molar-refractivity contribution < 1.29 is 13.3 Å². The normalized spacial score (nSPS) is 17.8. The molecule has 7 heteroatoms. The van der Waals surface area contributed by atoms with Crippen molar-refractivity contribution >= 4 is 21.4 Å². The molecule has 0 N–H and O–H groups in total. The molecule has 0 radical (unpaired) electrons. The lowest BCUT2D eigenvalue weighted by Crippen LogP contribution is -2.33. The van der Waals surface area contributed by atoms with Gasteiger partial charge in [-0.25, -0.2) is 8.42 Å². The predicted molar refractivity (Wildman–Crippen MR) is 123 cm³/mol. The zero-order valence-corrected chi connectivity index (χ0v) is 18.4. The molecule has 162 valence electrons. The van der Waals surface area contributed by atoms with Crippen molar-refractivity contribution in [2.75, 3.05) is 6.54 Å². The first-order chi connectivity index (χ1) is 15.4. The third-order valence-corrected chi connectivity index (χ3v) is 8.07. The van der Waals surface area contributed by atoms with Crippen LogP contribution in [0, 0.1) is 17.0 Å². The summed E-state index contributed by atoms with van der Waals surface area (Å²) < 4.78 is 28.8. The van der Waals surface area contributed by atoms with E-state index in [0.717, 1.165) is 39.9 Å². The maximum atomic E-state index is 13.6. The number of nitrogens with zero attached hydrogens (tertiary/aromatic N) is 2. The van der Waals surface area contributed by atoms with Gasteiger partial charge in [-0.1, -0.05) is 54.1 Å². The van der Waals surface area contributed by atoms with E-state index in [0.29, 0.717) is 13.0 Å². The number of non-ortho nitro benzene ring substituents is 1. The summed E-state index contributed by atoms with van der Waals surface area (Å²) in [6.07, 6.45) is 1.45. The van der Waals surface area contributed by atoms with Crippen molar-refractivity contribution in [1.29, 1.82) is 0 Å². The maximum Gasteiger partial charge on any atom is 0.269 e. The minimum Gasteiger partial charge on any atom is -0.266 e. The summed E-state index contributed by atoms with van der Waals surface area (Å²) in [5.74, 6) is -0.197. The molecule has 0 bridgehead atoms. The molecule has 2 aliphatic rings. The number of nitro groups is 1. The maximum absolute atomic E-state index is 13.6. The van der Waals surface area contributed by atoms with Crippen LogP contribution in [0.2, 0.25) is 0 Å². The monoisotopic (exact) mass is 446 g/mol. The lowest BCUT2D eigenvalue weighted by atomic mass is 9.86. The smallest absolute Gasteiger partial charge is 0.266 e. The molecule has 6 nitrogen and oxygen atoms in total. The molecule has 1 unspecified atom stereocenters. The molecule has 1 aliphatic carbocycles. The van der Waals surface area contributed by atoms with Gasteiger partial charge in [0.15, 0.2) is 0 Å². The van der Waals surface area contributed by atoms with Gasteiger partial charge in [0, 0.05) is 30.2 Å². The second-order valence-electron chi connectivity index (χ2n) is 8.24. The van der Waals surface area contributed by atoms with Crippen molar-refractivity contribution in [3.63, 3.8) is 0 Å². The Kier molecular flexibility index (Phi) is 4.86. The summed E-state index contributed by atoms with van der Waals surface area (Å²) in [5, 5.41) is 11.4. The van der Waals surface area contributed by atoms with Crippen LogP contribution in [0.5, 0.6) is 0 Å². The summed E-state index contributed by atoms with van der Waals surface area (Å²) >= 11 is 0. The van der Waals surface area contributed by atoms with E-state index in [1.807, 2.05) is 37.3 Å². The Bertz CT molecular complexity index is 1360. The lowest BCUT2D eigenvalue weighted by Gasteiger charge is -2.31. The van der Waals surface area contributed by atoms with Gasteiger partial charge in [0.25, 0.3) is 15.7 Å². The van der Waals surface area contributed by atoms with Gasteiger partial charge in [0.2, 0.25) is 0 Å². The third kappa shape index (κ3) is 3.20. The molecule has 1 heterocycles. The molecule has 0 saturated heterocycles. The minimum atomic E-state index is -3.74. The first-order valence-electron chi connectivity index (χ1n) is 10.5. The number of allylic oxidation sites excluding steroid dienone is 1. The van der Waals surface area contributed by atoms with Crippen LogP contribution in [-0.2, 0) is 10.0 Å². The van der Waals surface area contributed by atoms with Crippen LogP contribution in [0.15, 0.2) is 83.3 Å². The Morgan fingerprint density at radius 2 is 1.75 bits per heavy atom. The van der Waals surface area contributed by atoms with Crippen molar-refractivity contribution in [1.82, 2.24) is 4.31 Å². The van der Waals surface area contributed by atoms with Gasteiger partial charge in [-0.3, -0.25) is 14.4 Å². The van der Waals surface area contributed by atoms with E-state index in [9.17, 15) is 18.5 Å². The van der Waals surface area contributed by atoms with Crippen LogP contribution in [0.4, 0.5) is 5.69 Å². The predicted octanol–water partition coefficient (Wildman–Crippen LogP) is 5.24. The minimum absolute atomic E-state index is 0.0361. The Morgan fingerprint density at radius 1 is 1.00 bits per heavy atom. The van der Waals surface area contributed by atoms with E-state index in [2.05, 4.69) is 0 Å². The Balaban J connectivity index is 1.68. The van der Waals surface area contributed by atoms with Crippen LogP contribution < -0.4 is 0 Å². The number of sulfonamides is 1. The molecule has 3 aromatic rings. The average molecular weight is 447 g/mol. The van der Waals surface area contributed by atoms with Crippen molar-refractivity contribution in [2.24, 2.45) is 0 Å². The van der Waals surface area contributed by atoms with E-state index in [1.54, 1.807) is 36.4 Å². The van der Waals surface area contributed by atoms with Gasteiger partial charge in [0.1, 0.15) is 0 Å². The molecule has 0 aromatic heterocycles. The fourth-order valence-corrected chi connectivity index (χ4v) is 6.38. The molecule has 3 aromatic carbocycles. The fourth-order valence-electron chi connectivity index (χ4n) is 4.82. The molecule has 32 heavy (non-hydrogen) atoms. The van der Waals surface area contributed by atoms with Crippen LogP contribution in [0.25, 0.3) is 5.70 Å². The molecule has 1 atom stereocenters. The number of fused-ring (bicyclic) bond motifs is 2. The highest BCUT2D eigenvalue weighted by atomic mass is 32.2. The van der Waals surface area contributed by atoms with Crippen LogP contribution in [-0.4, -0.2) is 24.2 Å². The molecule has 0 saturated carbocycles. The second-order valence-corrected chi connectivity index (χ2v) is 10.1. The first kappa shape index (κ1) is 20.5. The summed E-state index contributed by atoms with van der Waals surface area (Å²) in [7, 11) is -3.74. The number of hydrogen-bond donors (Lipinski definition) is 0. The number of hydrogen-bond acceptors (Lipinski definition) is 4. The molecule has 0 amide bonds. The van der Waals surface area contributed by atoms with Gasteiger partial charge in [-0.2, -0.15) is 0 Å². The fraction of sp³-hybridized carbons (Fsp3) is 0.200. The van der Waals surface area contributed by atoms with Crippen LogP contribution in [0.1, 0.15) is 41.0 Å². The van der Waals surface area contributed by atoms with Gasteiger partial charge in [-0.15, -0.1) is 0 Å². The van der Waals surface area contributed by atoms with Crippen molar-refractivity contribution in [2.45, 2.75) is 30.6 Å². The highest BCUT2D eigenvalue weighted by molar-refractivity contribution is 7.89. The van der Waals surface area contributed by atoms with Gasteiger partial charge in [-0.05, 0) is 48.6 Å². The van der Waals surface area contributed by atoms with Crippen molar-refractivity contribution in [3.05, 3.63) is 111 Å². The molecular formula is C25H22N2O4S. The molecule has 0 fully saturated rings. The number of rotatable bonds is 4. The van der Waals surface area contributed by atoms with Crippen LogP contribution >= 0.6 is 0 Å². The van der Waals surface area contributed by atoms with Crippen LogP contribution in [0.3, 0.4) is 0 Å². The highest BCUT2D eigenvalue weighted by Gasteiger charge is 2.41. The summed E-state index contributed by atoms with van der Waals surface area (Å²) in [5.41, 5.74) is 5.45. The molecule has 1 aliphatic heterocycles. The van der Waals surface area contributed by atoms with E-state index < -0.39 is 14.9 Å². The topological polar surface area (TPSA) is 80.5 Å².